The average Bonchev–Trinajstić information content (AvgIpc) is 2.45. The highest BCUT2D eigenvalue weighted by atomic mass is 35.5. The Kier molecular flexibility index (Phi) is 4.50. The zero-order valence-corrected chi connectivity index (χ0v) is 12.8. The third-order valence-electron chi connectivity index (χ3n) is 2.89. The van der Waals surface area contributed by atoms with Gasteiger partial charge in [-0.25, -0.2) is 0 Å². The number of ether oxygens (including phenoxy) is 1. The number of hydrogen-bond donors (Lipinski definition) is 2. The van der Waals surface area contributed by atoms with Crippen LogP contribution in [0.25, 0.3) is 0 Å². The summed E-state index contributed by atoms with van der Waals surface area (Å²) in [5, 5.41) is 20.6. The van der Waals surface area contributed by atoms with Crippen LogP contribution in [-0.2, 0) is 0 Å². The van der Waals surface area contributed by atoms with Crippen molar-refractivity contribution in [3.05, 3.63) is 45.1 Å². The zero-order chi connectivity index (χ0) is 15.6. The Morgan fingerprint density at radius 2 is 2.00 bits per heavy atom. The predicted octanol–water partition coefficient (Wildman–Crippen LogP) is 3.29. The van der Waals surface area contributed by atoms with E-state index in [0.717, 1.165) is 0 Å². The minimum absolute atomic E-state index is 0.0950. The molecule has 8 heteroatoms. The van der Waals surface area contributed by atoms with Gasteiger partial charge in [0.2, 0.25) is 5.88 Å². The number of rotatable bonds is 3. The van der Waals surface area contributed by atoms with E-state index in [9.17, 15) is 0 Å². The second-order valence-corrected chi connectivity index (χ2v) is 5.10. The maximum Gasteiger partial charge on any atom is 0.250 e. The lowest BCUT2D eigenvalue weighted by atomic mass is 10.1. The molecule has 0 aliphatic rings. The third kappa shape index (κ3) is 3.17. The van der Waals surface area contributed by atoms with Crippen LogP contribution in [0.1, 0.15) is 16.8 Å². The van der Waals surface area contributed by atoms with Crippen molar-refractivity contribution < 1.29 is 9.94 Å². The monoisotopic (exact) mass is 326 g/mol. The lowest BCUT2D eigenvalue weighted by Gasteiger charge is -2.13. The number of benzene rings is 1. The highest BCUT2D eigenvalue weighted by Crippen LogP contribution is 2.32. The van der Waals surface area contributed by atoms with E-state index >= 15 is 0 Å². The van der Waals surface area contributed by atoms with Gasteiger partial charge in [0.15, 0.2) is 5.84 Å². The summed E-state index contributed by atoms with van der Waals surface area (Å²) in [5.41, 5.74) is 7.38. The highest BCUT2D eigenvalue weighted by molar-refractivity contribution is 6.35. The lowest BCUT2D eigenvalue weighted by molar-refractivity contribution is 0.318. The van der Waals surface area contributed by atoms with E-state index in [1.54, 1.807) is 26.0 Å². The maximum absolute atomic E-state index is 8.90. The van der Waals surface area contributed by atoms with E-state index in [-0.39, 0.29) is 11.7 Å². The number of halogens is 2. The van der Waals surface area contributed by atoms with Crippen LogP contribution in [0.2, 0.25) is 10.0 Å². The Hall–Kier alpha value is -2.05. The zero-order valence-electron chi connectivity index (χ0n) is 11.3. The minimum atomic E-state index is -0.120. The number of aryl methyl sites for hydroxylation is 1. The molecule has 1 heterocycles. The summed E-state index contributed by atoms with van der Waals surface area (Å²) in [6.45, 7) is 3.53. The van der Waals surface area contributed by atoms with Crippen LogP contribution in [0.4, 0.5) is 0 Å². The van der Waals surface area contributed by atoms with Gasteiger partial charge in [-0.15, -0.1) is 5.10 Å². The number of hydrogen-bond acceptors (Lipinski definition) is 5. The predicted molar refractivity (Wildman–Crippen MR) is 80.6 cm³/mol. The Morgan fingerprint density at radius 3 is 2.62 bits per heavy atom. The Bertz CT molecular complexity index is 720. The number of aromatic nitrogens is 2. The molecule has 21 heavy (non-hydrogen) atoms. The Morgan fingerprint density at radius 1 is 1.29 bits per heavy atom. The van der Waals surface area contributed by atoms with Crippen LogP contribution in [0.3, 0.4) is 0 Å². The van der Waals surface area contributed by atoms with Crippen LogP contribution < -0.4 is 10.5 Å². The van der Waals surface area contributed by atoms with Gasteiger partial charge in [0.1, 0.15) is 5.75 Å². The van der Waals surface area contributed by atoms with Gasteiger partial charge in [0, 0.05) is 5.02 Å². The lowest BCUT2D eigenvalue weighted by Crippen LogP contribution is -2.18. The molecule has 0 atom stereocenters. The highest BCUT2D eigenvalue weighted by Gasteiger charge is 2.18. The first kappa shape index (κ1) is 15.3. The van der Waals surface area contributed by atoms with Crippen molar-refractivity contribution >= 4 is 29.0 Å². The van der Waals surface area contributed by atoms with E-state index in [1.807, 2.05) is 0 Å². The quantitative estimate of drug-likeness (QED) is 0.390. The molecule has 3 N–H and O–H groups in total. The summed E-state index contributed by atoms with van der Waals surface area (Å²) in [6, 6.07) is 4.76. The van der Waals surface area contributed by atoms with Crippen LogP contribution in [0.5, 0.6) is 11.6 Å². The van der Waals surface area contributed by atoms with Gasteiger partial charge in [-0.05, 0) is 37.6 Å². The normalized spacial score (nSPS) is 11.5. The Balaban J connectivity index is 2.52. The van der Waals surface area contributed by atoms with Gasteiger partial charge in [-0.3, -0.25) is 0 Å². The van der Waals surface area contributed by atoms with Crippen molar-refractivity contribution in [2.75, 3.05) is 0 Å². The van der Waals surface area contributed by atoms with Gasteiger partial charge in [-0.1, -0.05) is 28.4 Å². The largest absolute Gasteiger partial charge is 0.435 e. The SMILES string of the molecule is Cc1nnc(Oc2ccc(Cl)cc2Cl)c(/C(N)=N/O)c1C. The van der Waals surface area contributed by atoms with Crippen LogP contribution in [-0.4, -0.2) is 21.2 Å². The van der Waals surface area contributed by atoms with Crippen molar-refractivity contribution in [2.24, 2.45) is 10.9 Å². The number of nitrogens with zero attached hydrogens (tertiary/aromatic N) is 3. The molecule has 1 aromatic carbocycles. The molecule has 0 unspecified atom stereocenters. The molecule has 0 amide bonds. The standard InChI is InChI=1S/C13H12Cl2N4O2/c1-6-7(2)17-18-13(11(6)12(16)19-20)21-10-4-3-8(14)5-9(10)15/h3-5,20H,1-2H3,(H2,16,19). The molecule has 0 radical (unpaired) electrons. The summed E-state index contributed by atoms with van der Waals surface area (Å²) < 4.78 is 5.62. The fourth-order valence-electron chi connectivity index (χ4n) is 1.67. The number of oxime groups is 1. The topological polar surface area (TPSA) is 93.6 Å². The fourth-order valence-corrected chi connectivity index (χ4v) is 2.12. The molecule has 0 aliphatic carbocycles. The molecular formula is C13H12Cl2N4O2. The van der Waals surface area contributed by atoms with E-state index < -0.39 is 0 Å². The molecule has 1 aromatic heterocycles. The molecule has 0 saturated heterocycles. The number of nitrogens with two attached hydrogens (primary N) is 1. The molecule has 0 fully saturated rings. The van der Waals surface area contributed by atoms with E-state index in [2.05, 4.69) is 15.4 Å². The molecule has 2 rings (SSSR count). The third-order valence-corrected chi connectivity index (χ3v) is 3.42. The van der Waals surface area contributed by atoms with Gasteiger partial charge < -0.3 is 15.7 Å². The van der Waals surface area contributed by atoms with Crippen LogP contribution in [0, 0.1) is 13.8 Å². The van der Waals surface area contributed by atoms with Crippen molar-refractivity contribution in [1.29, 1.82) is 0 Å². The second kappa shape index (κ2) is 6.15. The number of amidine groups is 1. The van der Waals surface area contributed by atoms with Crippen molar-refractivity contribution in [2.45, 2.75) is 13.8 Å². The van der Waals surface area contributed by atoms with Gasteiger partial charge in [0.05, 0.1) is 16.3 Å². The van der Waals surface area contributed by atoms with Gasteiger partial charge in [-0.2, -0.15) is 5.10 Å². The molecule has 6 nitrogen and oxygen atoms in total. The second-order valence-electron chi connectivity index (χ2n) is 4.25. The summed E-state index contributed by atoms with van der Waals surface area (Å²) in [6.07, 6.45) is 0. The average molecular weight is 327 g/mol. The van der Waals surface area contributed by atoms with Crippen LogP contribution in [0.15, 0.2) is 23.4 Å². The van der Waals surface area contributed by atoms with E-state index in [4.69, 9.17) is 38.9 Å². The van der Waals surface area contributed by atoms with Crippen molar-refractivity contribution in [3.63, 3.8) is 0 Å². The first-order valence-electron chi connectivity index (χ1n) is 5.88. The summed E-state index contributed by atoms with van der Waals surface area (Å²) in [5.74, 6) is 0.314. The molecule has 0 bridgehead atoms. The van der Waals surface area contributed by atoms with Gasteiger partial charge >= 0.3 is 0 Å². The summed E-state index contributed by atoms with van der Waals surface area (Å²) in [7, 11) is 0. The smallest absolute Gasteiger partial charge is 0.250 e. The molecule has 110 valence electrons. The maximum atomic E-state index is 8.90. The summed E-state index contributed by atoms with van der Waals surface area (Å²) in [4.78, 5) is 0. The molecule has 0 spiro atoms. The first-order valence-corrected chi connectivity index (χ1v) is 6.64. The molecular weight excluding hydrogens is 315 g/mol. The minimum Gasteiger partial charge on any atom is -0.435 e. The summed E-state index contributed by atoms with van der Waals surface area (Å²) >= 11 is 11.9. The van der Waals surface area contributed by atoms with Crippen molar-refractivity contribution in [1.82, 2.24) is 10.2 Å². The molecule has 0 aliphatic heterocycles. The molecule has 2 aromatic rings. The van der Waals surface area contributed by atoms with E-state index in [1.165, 1.54) is 6.07 Å². The van der Waals surface area contributed by atoms with E-state index in [0.29, 0.717) is 32.6 Å². The fraction of sp³-hybridized carbons (Fsp3) is 0.154. The first-order chi connectivity index (χ1) is 9.93. The van der Waals surface area contributed by atoms with Crippen LogP contribution >= 0.6 is 23.2 Å². The van der Waals surface area contributed by atoms with Gasteiger partial charge in [0.25, 0.3) is 0 Å². The Labute approximate surface area is 131 Å². The molecule has 0 saturated carbocycles. The van der Waals surface area contributed by atoms with Crippen molar-refractivity contribution in [3.8, 4) is 11.6 Å².